The van der Waals surface area contributed by atoms with Crippen molar-refractivity contribution >= 4 is 5.91 Å². The van der Waals surface area contributed by atoms with Crippen LogP contribution < -0.4 is 11.1 Å². The van der Waals surface area contributed by atoms with Gasteiger partial charge in [0.2, 0.25) is 0 Å². The molecule has 0 saturated carbocycles. The molecule has 0 spiro atoms. The summed E-state index contributed by atoms with van der Waals surface area (Å²) in [4.78, 5) is 19.0. The van der Waals surface area contributed by atoms with Crippen LogP contribution in [0, 0.1) is 0 Å². The SMILES string of the molecule is C[C@@H](c1cnc(C(F)(F)F)cn1)n1nc2c(c1C(N)=O)CNCC2. The normalized spacial score (nSPS) is 15.8. The zero-order valence-corrected chi connectivity index (χ0v) is 12.8. The molecule has 0 aromatic carbocycles. The predicted molar refractivity (Wildman–Crippen MR) is 77.0 cm³/mol. The van der Waals surface area contributed by atoms with Crippen molar-refractivity contribution in [2.45, 2.75) is 32.1 Å². The van der Waals surface area contributed by atoms with E-state index in [1.54, 1.807) is 6.92 Å². The maximum Gasteiger partial charge on any atom is 0.434 e. The lowest BCUT2D eigenvalue weighted by Crippen LogP contribution is -2.26. The Morgan fingerprint density at radius 1 is 1.38 bits per heavy atom. The molecule has 1 amide bonds. The summed E-state index contributed by atoms with van der Waals surface area (Å²) in [5.74, 6) is -0.640. The first-order valence-electron chi connectivity index (χ1n) is 7.29. The van der Waals surface area contributed by atoms with Crippen LogP contribution in [0.15, 0.2) is 12.4 Å². The molecule has 0 aliphatic carbocycles. The van der Waals surface area contributed by atoms with Crippen molar-refractivity contribution < 1.29 is 18.0 Å². The van der Waals surface area contributed by atoms with E-state index in [4.69, 9.17) is 5.73 Å². The number of halogens is 3. The second kappa shape index (κ2) is 5.86. The van der Waals surface area contributed by atoms with E-state index in [9.17, 15) is 18.0 Å². The summed E-state index contributed by atoms with van der Waals surface area (Å²) in [7, 11) is 0. The highest BCUT2D eigenvalue weighted by Crippen LogP contribution is 2.28. The van der Waals surface area contributed by atoms with Gasteiger partial charge in [-0.3, -0.25) is 14.5 Å². The van der Waals surface area contributed by atoms with E-state index in [-0.39, 0.29) is 11.4 Å². The summed E-state index contributed by atoms with van der Waals surface area (Å²) in [5.41, 5.74) is 6.38. The number of nitrogens with zero attached hydrogens (tertiary/aromatic N) is 4. The fourth-order valence-corrected chi connectivity index (χ4v) is 2.69. The summed E-state index contributed by atoms with van der Waals surface area (Å²) >= 11 is 0. The van der Waals surface area contributed by atoms with Gasteiger partial charge in [0.25, 0.3) is 5.91 Å². The van der Waals surface area contributed by atoms with Gasteiger partial charge in [0, 0.05) is 25.1 Å². The molecule has 0 saturated heterocycles. The Hall–Kier alpha value is -2.49. The molecule has 24 heavy (non-hydrogen) atoms. The molecule has 1 atom stereocenters. The highest BCUT2D eigenvalue weighted by atomic mass is 19.4. The van der Waals surface area contributed by atoms with E-state index in [0.717, 1.165) is 24.0 Å². The Kier molecular flexibility index (Phi) is 3.99. The molecular weight excluding hydrogens is 325 g/mol. The minimum Gasteiger partial charge on any atom is -0.364 e. The van der Waals surface area contributed by atoms with Gasteiger partial charge in [-0.1, -0.05) is 0 Å². The predicted octanol–water partition coefficient (Wildman–Crippen LogP) is 1.05. The van der Waals surface area contributed by atoms with Gasteiger partial charge in [0.15, 0.2) is 5.69 Å². The number of alkyl halides is 3. The molecule has 2 aromatic heterocycles. The molecular formula is C14H15F3N6O. The van der Waals surface area contributed by atoms with Gasteiger partial charge in [-0.15, -0.1) is 0 Å². The third-order valence-corrected chi connectivity index (χ3v) is 3.92. The second-order valence-electron chi connectivity index (χ2n) is 5.51. The van der Waals surface area contributed by atoms with Crippen molar-refractivity contribution in [3.63, 3.8) is 0 Å². The van der Waals surface area contributed by atoms with Gasteiger partial charge in [0.05, 0.1) is 29.8 Å². The summed E-state index contributed by atoms with van der Waals surface area (Å²) in [5, 5.41) is 7.54. The molecule has 0 radical (unpaired) electrons. The molecule has 0 unspecified atom stereocenters. The molecule has 0 bridgehead atoms. The molecule has 10 heteroatoms. The van der Waals surface area contributed by atoms with Crippen LogP contribution in [-0.4, -0.2) is 32.2 Å². The highest BCUT2D eigenvalue weighted by Gasteiger charge is 2.33. The Balaban J connectivity index is 1.99. The van der Waals surface area contributed by atoms with Crippen molar-refractivity contribution in [2.75, 3.05) is 6.54 Å². The lowest BCUT2D eigenvalue weighted by Gasteiger charge is -2.15. The van der Waals surface area contributed by atoms with Crippen molar-refractivity contribution in [3.8, 4) is 0 Å². The van der Waals surface area contributed by atoms with E-state index in [2.05, 4.69) is 20.4 Å². The highest BCUT2D eigenvalue weighted by molar-refractivity contribution is 5.93. The summed E-state index contributed by atoms with van der Waals surface area (Å²) in [6.07, 6.45) is -2.20. The van der Waals surface area contributed by atoms with Crippen molar-refractivity contribution in [3.05, 3.63) is 40.7 Å². The van der Waals surface area contributed by atoms with Crippen LogP contribution in [0.3, 0.4) is 0 Å². The number of amides is 1. The topological polar surface area (TPSA) is 98.7 Å². The number of carbonyl (C=O) groups excluding carboxylic acids is 1. The van der Waals surface area contributed by atoms with Crippen LogP contribution in [0.25, 0.3) is 0 Å². The smallest absolute Gasteiger partial charge is 0.364 e. The average Bonchev–Trinajstić information content (AvgIpc) is 2.93. The van der Waals surface area contributed by atoms with E-state index < -0.39 is 23.8 Å². The zero-order valence-electron chi connectivity index (χ0n) is 12.8. The molecule has 1 aliphatic rings. The minimum absolute atomic E-state index is 0.242. The number of primary amides is 1. The maximum absolute atomic E-state index is 12.6. The van der Waals surface area contributed by atoms with Crippen LogP contribution in [-0.2, 0) is 19.1 Å². The minimum atomic E-state index is -4.55. The number of hydrogen-bond acceptors (Lipinski definition) is 5. The van der Waals surface area contributed by atoms with E-state index >= 15 is 0 Å². The second-order valence-corrected chi connectivity index (χ2v) is 5.51. The Bertz CT molecular complexity index is 768. The van der Waals surface area contributed by atoms with Gasteiger partial charge in [-0.25, -0.2) is 4.98 Å². The number of hydrogen-bond donors (Lipinski definition) is 2. The lowest BCUT2D eigenvalue weighted by molar-refractivity contribution is -0.141. The molecule has 3 heterocycles. The summed E-state index contributed by atoms with van der Waals surface area (Å²) < 4.78 is 39.2. The first-order valence-corrected chi connectivity index (χ1v) is 7.29. The molecule has 3 rings (SSSR count). The first kappa shape index (κ1) is 16.4. The third kappa shape index (κ3) is 2.84. The molecule has 2 aromatic rings. The fraction of sp³-hybridized carbons (Fsp3) is 0.429. The number of nitrogens with two attached hydrogens (primary N) is 1. The number of nitrogens with one attached hydrogen (secondary N) is 1. The number of fused-ring (bicyclic) bond motifs is 1. The van der Waals surface area contributed by atoms with Crippen molar-refractivity contribution in [1.29, 1.82) is 0 Å². The van der Waals surface area contributed by atoms with Gasteiger partial charge in [-0.2, -0.15) is 18.3 Å². The number of aromatic nitrogens is 4. The largest absolute Gasteiger partial charge is 0.434 e. The van der Waals surface area contributed by atoms with Crippen molar-refractivity contribution in [1.82, 2.24) is 25.1 Å². The molecule has 1 aliphatic heterocycles. The molecule has 0 fully saturated rings. The Labute approximate surface area is 135 Å². The standard InChI is InChI=1S/C14H15F3N6O/c1-7(10-5-21-11(6-20-10)14(15,16)17)23-12(13(18)24)8-4-19-3-2-9(8)22-23/h5-7,19H,2-4H2,1H3,(H2,18,24)/t7-/m0/s1. The quantitative estimate of drug-likeness (QED) is 0.870. The van der Waals surface area contributed by atoms with E-state index in [1.807, 2.05) is 0 Å². The van der Waals surface area contributed by atoms with Crippen LogP contribution in [0.1, 0.15) is 46.1 Å². The van der Waals surface area contributed by atoms with Gasteiger partial charge in [0.1, 0.15) is 5.69 Å². The molecule has 7 nitrogen and oxygen atoms in total. The van der Waals surface area contributed by atoms with Gasteiger partial charge in [-0.05, 0) is 6.92 Å². The average molecular weight is 340 g/mol. The van der Waals surface area contributed by atoms with Crippen LogP contribution in [0.5, 0.6) is 0 Å². The Morgan fingerprint density at radius 3 is 2.71 bits per heavy atom. The van der Waals surface area contributed by atoms with E-state index in [0.29, 0.717) is 19.2 Å². The number of carbonyl (C=O) groups is 1. The fourth-order valence-electron chi connectivity index (χ4n) is 2.69. The third-order valence-electron chi connectivity index (χ3n) is 3.92. The maximum atomic E-state index is 12.6. The summed E-state index contributed by atoms with van der Waals surface area (Å²) in [6, 6.07) is -0.576. The van der Waals surface area contributed by atoms with Gasteiger partial charge < -0.3 is 11.1 Å². The van der Waals surface area contributed by atoms with Crippen LogP contribution >= 0.6 is 0 Å². The summed E-state index contributed by atoms with van der Waals surface area (Å²) in [6.45, 7) is 2.88. The lowest BCUT2D eigenvalue weighted by atomic mass is 10.1. The van der Waals surface area contributed by atoms with Crippen molar-refractivity contribution in [2.24, 2.45) is 5.73 Å². The first-order chi connectivity index (χ1) is 11.3. The molecule has 3 N–H and O–H groups in total. The zero-order chi connectivity index (χ0) is 17.5. The monoisotopic (exact) mass is 340 g/mol. The molecule has 128 valence electrons. The Morgan fingerprint density at radius 2 is 2.12 bits per heavy atom. The van der Waals surface area contributed by atoms with Gasteiger partial charge >= 0.3 is 6.18 Å². The van der Waals surface area contributed by atoms with Crippen LogP contribution in [0.2, 0.25) is 0 Å². The number of rotatable bonds is 3. The van der Waals surface area contributed by atoms with E-state index in [1.165, 1.54) is 4.68 Å². The van der Waals surface area contributed by atoms with Crippen LogP contribution in [0.4, 0.5) is 13.2 Å².